The number of hydrogen-bond donors (Lipinski definition) is 1. The van der Waals surface area contributed by atoms with Crippen LogP contribution in [0.2, 0.25) is 0 Å². The van der Waals surface area contributed by atoms with Gasteiger partial charge in [-0.2, -0.15) is 0 Å². The Morgan fingerprint density at radius 3 is 2.68 bits per heavy atom. The monoisotopic (exact) mass is 261 g/mol. The van der Waals surface area contributed by atoms with E-state index in [2.05, 4.69) is 4.74 Å². The van der Waals surface area contributed by atoms with E-state index < -0.39 is 11.9 Å². The second kappa shape index (κ2) is 5.14. The van der Waals surface area contributed by atoms with Crippen molar-refractivity contribution in [2.24, 2.45) is 5.73 Å². The fourth-order valence-corrected chi connectivity index (χ4v) is 2.14. The average Bonchev–Trinajstić information content (AvgIpc) is 2.72. The molecule has 0 saturated heterocycles. The van der Waals surface area contributed by atoms with Crippen molar-refractivity contribution in [2.75, 3.05) is 13.7 Å². The predicted octanol–water partition coefficient (Wildman–Crippen LogP) is 1.26. The highest BCUT2D eigenvalue weighted by molar-refractivity contribution is 6.19. The molecule has 100 valence electrons. The van der Waals surface area contributed by atoms with Crippen LogP contribution in [-0.2, 0) is 20.7 Å². The number of esters is 2. The molecule has 0 atom stereocenters. The van der Waals surface area contributed by atoms with Crippen LogP contribution in [0.3, 0.4) is 0 Å². The molecule has 0 spiro atoms. The molecular formula is C14H15NO4. The van der Waals surface area contributed by atoms with Gasteiger partial charge in [0.15, 0.2) is 0 Å². The van der Waals surface area contributed by atoms with E-state index in [9.17, 15) is 9.59 Å². The summed E-state index contributed by atoms with van der Waals surface area (Å²) < 4.78 is 9.64. The number of benzene rings is 1. The molecule has 19 heavy (non-hydrogen) atoms. The van der Waals surface area contributed by atoms with Gasteiger partial charge in [-0.1, -0.05) is 6.07 Å². The van der Waals surface area contributed by atoms with Crippen molar-refractivity contribution in [3.63, 3.8) is 0 Å². The first-order valence-corrected chi connectivity index (χ1v) is 5.95. The fourth-order valence-electron chi connectivity index (χ4n) is 2.14. The third-order valence-corrected chi connectivity index (χ3v) is 2.98. The third kappa shape index (κ3) is 2.31. The van der Waals surface area contributed by atoms with Gasteiger partial charge in [-0.15, -0.1) is 0 Å². The minimum atomic E-state index is -0.426. The topological polar surface area (TPSA) is 78.6 Å². The lowest BCUT2D eigenvalue weighted by atomic mass is 10.0. The average molecular weight is 261 g/mol. The molecule has 1 aromatic rings. The van der Waals surface area contributed by atoms with Crippen LogP contribution in [0.25, 0.3) is 5.57 Å². The molecule has 0 fully saturated rings. The summed E-state index contributed by atoms with van der Waals surface area (Å²) in [6.07, 6.45) is 0.439. The maximum atomic E-state index is 11.8. The molecule has 1 aliphatic carbocycles. The van der Waals surface area contributed by atoms with Gasteiger partial charge in [0.1, 0.15) is 0 Å². The van der Waals surface area contributed by atoms with Crippen LogP contribution in [0.4, 0.5) is 0 Å². The molecule has 0 saturated carbocycles. The summed E-state index contributed by atoms with van der Waals surface area (Å²) in [7, 11) is 1.33. The molecule has 0 amide bonds. The maximum Gasteiger partial charge on any atom is 0.340 e. The maximum absolute atomic E-state index is 11.8. The quantitative estimate of drug-likeness (QED) is 0.829. The molecule has 5 nitrogen and oxygen atoms in total. The van der Waals surface area contributed by atoms with Gasteiger partial charge in [-0.25, -0.2) is 9.59 Å². The van der Waals surface area contributed by atoms with Gasteiger partial charge in [0.25, 0.3) is 0 Å². The predicted molar refractivity (Wildman–Crippen MR) is 69.2 cm³/mol. The van der Waals surface area contributed by atoms with Crippen molar-refractivity contribution >= 4 is 17.5 Å². The van der Waals surface area contributed by atoms with E-state index >= 15 is 0 Å². The van der Waals surface area contributed by atoms with Crippen molar-refractivity contribution in [3.05, 3.63) is 40.6 Å². The largest absolute Gasteiger partial charge is 0.465 e. The van der Waals surface area contributed by atoms with Gasteiger partial charge >= 0.3 is 11.9 Å². The Morgan fingerprint density at radius 2 is 2.05 bits per heavy atom. The summed E-state index contributed by atoms with van der Waals surface area (Å²) in [6.45, 7) is 2.04. The van der Waals surface area contributed by atoms with E-state index in [4.69, 9.17) is 10.5 Å². The first-order chi connectivity index (χ1) is 9.08. The lowest BCUT2D eigenvalue weighted by Crippen LogP contribution is -2.10. The molecule has 2 N–H and O–H groups in total. The van der Waals surface area contributed by atoms with Crippen LogP contribution in [0.1, 0.15) is 28.4 Å². The number of methoxy groups -OCH3 is 1. The van der Waals surface area contributed by atoms with E-state index in [1.807, 2.05) is 0 Å². The Kier molecular flexibility index (Phi) is 3.55. The number of carbonyl (C=O) groups is 2. The molecule has 1 aliphatic rings. The zero-order chi connectivity index (χ0) is 14.0. The zero-order valence-electron chi connectivity index (χ0n) is 10.9. The molecule has 0 bridgehead atoms. The highest BCUT2D eigenvalue weighted by Gasteiger charge is 2.27. The number of ether oxygens (including phenoxy) is 2. The zero-order valence-corrected chi connectivity index (χ0v) is 10.9. The SMILES string of the molecule is CCOC(=O)C1=C(N)Cc2cc(C(=O)OC)ccc21. The van der Waals surface area contributed by atoms with Crippen molar-refractivity contribution < 1.29 is 19.1 Å². The summed E-state index contributed by atoms with van der Waals surface area (Å²) in [5.74, 6) is -0.837. The first-order valence-electron chi connectivity index (χ1n) is 5.95. The number of hydrogen-bond acceptors (Lipinski definition) is 5. The van der Waals surface area contributed by atoms with Crippen molar-refractivity contribution in [1.29, 1.82) is 0 Å². The first kappa shape index (κ1) is 13.1. The van der Waals surface area contributed by atoms with Gasteiger partial charge in [-0.05, 0) is 30.2 Å². The summed E-state index contributed by atoms with van der Waals surface area (Å²) >= 11 is 0. The lowest BCUT2D eigenvalue weighted by molar-refractivity contribution is -0.136. The Bertz CT molecular complexity index is 575. The summed E-state index contributed by atoms with van der Waals surface area (Å²) in [4.78, 5) is 23.3. The highest BCUT2D eigenvalue weighted by Crippen LogP contribution is 2.32. The normalized spacial score (nSPS) is 13.2. The van der Waals surface area contributed by atoms with Gasteiger partial charge in [0.2, 0.25) is 0 Å². The Morgan fingerprint density at radius 1 is 1.32 bits per heavy atom. The Hall–Kier alpha value is -2.30. The van der Waals surface area contributed by atoms with Crippen molar-refractivity contribution in [2.45, 2.75) is 13.3 Å². The molecule has 0 radical (unpaired) electrons. The van der Waals surface area contributed by atoms with Crippen molar-refractivity contribution in [1.82, 2.24) is 0 Å². The van der Waals surface area contributed by atoms with E-state index in [0.29, 0.717) is 29.9 Å². The van der Waals surface area contributed by atoms with E-state index in [1.165, 1.54) is 7.11 Å². The molecule has 5 heteroatoms. The van der Waals surface area contributed by atoms with Crippen LogP contribution < -0.4 is 5.73 Å². The van der Waals surface area contributed by atoms with Gasteiger partial charge < -0.3 is 15.2 Å². The smallest absolute Gasteiger partial charge is 0.340 e. The number of carbonyl (C=O) groups excluding carboxylic acids is 2. The molecule has 1 aromatic carbocycles. The van der Waals surface area contributed by atoms with Crippen molar-refractivity contribution in [3.8, 4) is 0 Å². The molecule has 0 unspecified atom stereocenters. The summed E-state index contributed by atoms with van der Waals surface area (Å²) in [5.41, 5.74) is 8.75. The van der Waals surface area contributed by atoms with E-state index in [-0.39, 0.29) is 0 Å². The highest BCUT2D eigenvalue weighted by atomic mass is 16.5. The second-order valence-electron chi connectivity index (χ2n) is 4.16. The Balaban J connectivity index is 2.37. The lowest BCUT2D eigenvalue weighted by Gasteiger charge is -2.06. The molecule has 0 aliphatic heterocycles. The fraction of sp³-hybridized carbons (Fsp3) is 0.286. The van der Waals surface area contributed by atoms with Gasteiger partial charge in [0, 0.05) is 12.1 Å². The van der Waals surface area contributed by atoms with E-state index in [1.54, 1.807) is 25.1 Å². The van der Waals surface area contributed by atoms with Crippen LogP contribution in [0, 0.1) is 0 Å². The third-order valence-electron chi connectivity index (χ3n) is 2.98. The summed E-state index contributed by atoms with van der Waals surface area (Å²) in [5, 5.41) is 0. The van der Waals surface area contributed by atoms with E-state index in [0.717, 1.165) is 11.1 Å². The summed E-state index contributed by atoms with van der Waals surface area (Å²) in [6, 6.07) is 5.01. The number of nitrogens with two attached hydrogens (primary N) is 1. The van der Waals surface area contributed by atoms with Gasteiger partial charge in [-0.3, -0.25) is 0 Å². The van der Waals surface area contributed by atoms with Crippen LogP contribution >= 0.6 is 0 Å². The molecule has 0 heterocycles. The molecule has 0 aromatic heterocycles. The van der Waals surface area contributed by atoms with Crippen LogP contribution in [0.5, 0.6) is 0 Å². The van der Waals surface area contributed by atoms with Crippen LogP contribution in [-0.4, -0.2) is 25.7 Å². The molecular weight excluding hydrogens is 246 g/mol. The van der Waals surface area contributed by atoms with Gasteiger partial charge in [0.05, 0.1) is 24.9 Å². The Labute approximate surface area is 111 Å². The number of fused-ring (bicyclic) bond motifs is 1. The second-order valence-corrected chi connectivity index (χ2v) is 4.16. The minimum Gasteiger partial charge on any atom is -0.465 e. The number of allylic oxidation sites excluding steroid dienone is 1. The van der Waals surface area contributed by atoms with Crippen LogP contribution in [0.15, 0.2) is 23.9 Å². The minimum absolute atomic E-state index is 0.297. The standard InChI is InChI=1S/C14H15NO4/c1-3-19-14(17)12-10-5-4-8(13(16)18-2)6-9(10)7-11(12)15/h4-6H,3,7,15H2,1-2H3. The molecule has 2 rings (SSSR count). The number of rotatable bonds is 3.